The molecule has 30 rings (SSSR count). The zero-order valence-corrected chi connectivity index (χ0v) is 75.5. The molecule has 0 amide bonds. The van der Waals surface area contributed by atoms with E-state index in [4.69, 9.17) is 24.4 Å². The molecule has 0 fully saturated rings. The van der Waals surface area contributed by atoms with Gasteiger partial charge < -0.3 is 4.42 Å². The van der Waals surface area contributed by atoms with E-state index in [1.807, 2.05) is 11.3 Å². The minimum absolute atomic E-state index is 0.514. The van der Waals surface area contributed by atoms with Crippen LogP contribution in [0.1, 0.15) is 89.0 Å². The van der Waals surface area contributed by atoms with Crippen LogP contribution >= 0.6 is 11.3 Å². The molecule has 638 valence electrons. The Morgan fingerprint density at radius 3 is 1.01 bits per heavy atom. The molecule has 24 aromatic rings. The number of hydrogen-bond acceptors (Lipinski definition) is 6. The fourth-order valence-electron chi connectivity index (χ4n) is 25.8. The highest BCUT2D eigenvalue weighted by molar-refractivity contribution is 7.25. The first-order valence-electron chi connectivity index (χ1n) is 47.7. The zero-order chi connectivity index (χ0) is 90.3. The average Bonchev–Trinajstić information content (AvgIpc) is 1.47. The van der Waals surface area contributed by atoms with Crippen molar-refractivity contribution in [1.29, 1.82) is 0 Å². The SMILES string of the molecule is c1ccc(-c2cc(-c3ccc4c(c3)sc3ccccc34)nc(-c3ccc(-c4ccc5c(c4)C4(c6ccccc6-c6ccccc64)c4ccccc4C54c5ccccc5-c5c(-c6ccc7c(c6)oc6cc(-c8cc(-c9ccccc9)nc(-c9cccc(-c%10ccc%11c(c%10)-c%10ccccc%10C%11%10c%11ccccc%11C%11(c%12ccccc%12-c%12ccccc%12%11)c%11ccccc%11%10)c9)n8)ccc67)cccc54)cc3)n2)cc1. The van der Waals surface area contributed by atoms with Gasteiger partial charge in [0.25, 0.3) is 0 Å². The Labute approximate surface area is 801 Å². The summed E-state index contributed by atoms with van der Waals surface area (Å²) in [5.74, 6) is 1.31. The number of hydrogen-bond donors (Lipinski definition) is 0. The lowest BCUT2D eigenvalue weighted by molar-refractivity contribution is 0.633. The van der Waals surface area contributed by atoms with Gasteiger partial charge in [0.1, 0.15) is 11.2 Å². The Morgan fingerprint density at radius 2 is 0.478 bits per heavy atom. The van der Waals surface area contributed by atoms with E-state index < -0.39 is 21.7 Å². The number of benzene rings is 20. The molecule has 5 nitrogen and oxygen atoms in total. The highest BCUT2D eigenvalue weighted by Crippen LogP contribution is 2.71. The first kappa shape index (κ1) is 77.1. The molecule has 20 aromatic carbocycles. The van der Waals surface area contributed by atoms with Gasteiger partial charge in [0.15, 0.2) is 11.6 Å². The van der Waals surface area contributed by atoms with Crippen LogP contribution in [0.2, 0.25) is 0 Å². The van der Waals surface area contributed by atoms with Crippen LogP contribution in [0.15, 0.2) is 478 Å². The molecule has 1 unspecified atom stereocenters. The van der Waals surface area contributed by atoms with Crippen LogP contribution in [0.25, 0.3) is 188 Å². The van der Waals surface area contributed by atoms with Crippen molar-refractivity contribution >= 4 is 53.4 Å². The number of thiophene rings is 1. The molecule has 6 heteroatoms. The van der Waals surface area contributed by atoms with Crippen molar-refractivity contribution in [2.45, 2.75) is 21.7 Å². The van der Waals surface area contributed by atoms with Gasteiger partial charge in [0.05, 0.1) is 44.4 Å². The summed E-state index contributed by atoms with van der Waals surface area (Å²) in [6, 6.07) is 177. The Balaban J connectivity index is 0.521. The number of nitrogens with zero attached hydrogens (tertiary/aromatic N) is 4. The van der Waals surface area contributed by atoms with Gasteiger partial charge in [-0.05, 0) is 234 Å². The Kier molecular flexibility index (Phi) is 16.2. The fraction of sp³-hybridized carbons (Fsp3) is 0.0303. The lowest BCUT2D eigenvalue weighted by Gasteiger charge is -2.49. The topological polar surface area (TPSA) is 64.7 Å². The summed E-state index contributed by atoms with van der Waals surface area (Å²) < 4.78 is 9.75. The van der Waals surface area contributed by atoms with Crippen LogP contribution < -0.4 is 0 Å². The molecule has 6 aliphatic carbocycles. The van der Waals surface area contributed by atoms with Crippen molar-refractivity contribution in [3.05, 3.63) is 562 Å². The Hall–Kier alpha value is -17.4. The maximum absolute atomic E-state index is 7.24. The summed E-state index contributed by atoms with van der Waals surface area (Å²) in [6.07, 6.45) is 0. The highest BCUT2D eigenvalue weighted by Gasteiger charge is 2.62. The van der Waals surface area contributed by atoms with Gasteiger partial charge in [0.2, 0.25) is 0 Å². The minimum Gasteiger partial charge on any atom is -0.456 e. The normalized spacial score (nSPS) is 14.9. The van der Waals surface area contributed by atoms with E-state index in [1.165, 1.54) is 154 Å². The molecular weight excluding hydrogens is 1690 g/mol. The molecule has 0 saturated carbocycles. The molecule has 4 spiro atoms. The van der Waals surface area contributed by atoms with Crippen LogP contribution in [-0.4, -0.2) is 19.9 Å². The van der Waals surface area contributed by atoms with E-state index in [1.54, 1.807) is 0 Å². The van der Waals surface area contributed by atoms with Gasteiger partial charge in [-0.15, -0.1) is 11.3 Å². The summed E-state index contributed by atoms with van der Waals surface area (Å²) in [6.45, 7) is 0. The molecule has 0 N–H and O–H groups in total. The van der Waals surface area contributed by atoms with E-state index in [0.717, 1.165) is 111 Å². The summed E-state index contributed by atoms with van der Waals surface area (Å²) in [5.41, 5.74) is 45.7. The average molecular weight is 1770 g/mol. The molecule has 0 aliphatic heterocycles. The van der Waals surface area contributed by atoms with Gasteiger partial charge >= 0.3 is 0 Å². The molecule has 138 heavy (non-hydrogen) atoms. The second-order valence-electron chi connectivity index (χ2n) is 37.8. The van der Waals surface area contributed by atoms with Crippen LogP contribution in [0.4, 0.5) is 0 Å². The molecule has 0 saturated heterocycles. The first-order valence-corrected chi connectivity index (χ1v) is 48.5. The molecule has 6 aliphatic rings. The molecule has 0 bridgehead atoms. The van der Waals surface area contributed by atoms with Crippen LogP contribution in [0.3, 0.4) is 0 Å². The molecule has 0 radical (unpaired) electrons. The van der Waals surface area contributed by atoms with E-state index in [2.05, 4.69) is 473 Å². The lowest BCUT2D eigenvalue weighted by atomic mass is 9.52. The van der Waals surface area contributed by atoms with Gasteiger partial charge in [-0.2, -0.15) is 0 Å². The quantitative estimate of drug-likeness (QED) is 0.144. The number of aromatic nitrogens is 4. The van der Waals surface area contributed by atoms with Gasteiger partial charge in [-0.25, -0.2) is 19.9 Å². The molecule has 1 atom stereocenters. The molecular formula is C132H78N4OS. The Morgan fingerprint density at radius 1 is 0.159 bits per heavy atom. The standard InChI is InChI=1S/C132H78N4OS/c1-3-29-80(30-4-1)118-78-121(88-63-68-99-98-40-13-26-56-124(98)138-125(99)76-88)135-127(133-118)82-59-57-79(58-60-82)85-65-70-115-117(73-85)131(104-45-16-9-37-93(104)94-38-10-17-46-105(94)131)113-53-24-25-54-114(113)132(115)107-48-19-12-41-100(107)126-90(42-28-55-116(126)132)86-61-66-96-97-67-62-87(75-123(97)137-122(96)74-86)120-77-119(81-31-5-2-6-32-81)134-128(136-120)89-34-27-33-83(71-89)84-64-69-108-101(72-84)95-39-11-18-47-106(95)130(108)111-51-22-20-49-109(111)129(110-50-21-23-52-112(110)130)102-43-14-7-35-91(102)92-36-8-15-44-103(92)129/h1-78H. The third-order valence-corrected chi connectivity index (χ3v) is 32.5. The van der Waals surface area contributed by atoms with E-state index in [-0.39, 0.29) is 0 Å². The number of furan rings is 1. The summed E-state index contributed by atoms with van der Waals surface area (Å²) in [7, 11) is 0. The van der Waals surface area contributed by atoms with Crippen LogP contribution in [0, 0.1) is 0 Å². The summed E-state index contributed by atoms with van der Waals surface area (Å²) in [5, 5.41) is 4.62. The predicted molar refractivity (Wildman–Crippen MR) is 563 cm³/mol. The van der Waals surface area contributed by atoms with E-state index in [9.17, 15) is 0 Å². The lowest BCUT2D eigenvalue weighted by Crippen LogP contribution is -2.43. The molecule has 4 aromatic heterocycles. The van der Waals surface area contributed by atoms with Gasteiger partial charge in [0, 0.05) is 64.3 Å². The van der Waals surface area contributed by atoms with Crippen LogP contribution in [-0.2, 0) is 21.7 Å². The smallest absolute Gasteiger partial charge is 0.160 e. The van der Waals surface area contributed by atoms with Crippen molar-refractivity contribution in [3.8, 4) is 146 Å². The third-order valence-electron chi connectivity index (χ3n) is 31.3. The zero-order valence-electron chi connectivity index (χ0n) is 74.6. The van der Waals surface area contributed by atoms with Crippen molar-refractivity contribution < 1.29 is 4.42 Å². The fourth-order valence-corrected chi connectivity index (χ4v) is 26.9. The highest BCUT2D eigenvalue weighted by atomic mass is 32.1. The van der Waals surface area contributed by atoms with Crippen molar-refractivity contribution in [2.75, 3.05) is 0 Å². The van der Waals surface area contributed by atoms with E-state index >= 15 is 0 Å². The second kappa shape index (κ2) is 29.1. The molecule has 4 heterocycles. The first-order chi connectivity index (χ1) is 68.4. The maximum Gasteiger partial charge on any atom is 0.160 e. The summed E-state index contributed by atoms with van der Waals surface area (Å²) >= 11 is 1.83. The van der Waals surface area contributed by atoms with Crippen molar-refractivity contribution in [2.24, 2.45) is 0 Å². The number of rotatable bonds is 9. The van der Waals surface area contributed by atoms with Crippen LogP contribution in [0.5, 0.6) is 0 Å². The number of fused-ring (bicyclic) bond motifs is 38. The third kappa shape index (κ3) is 10.5. The second-order valence-corrected chi connectivity index (χ2v) is 38.9. The largest absolute Gasteiger partial charge is 0.456 e. The van der Waals surface area contributed by atoms with Crippen molar-refractivity contribution in [3.63, 3.8) is 0 Å². The monoisotopic (exact) mass is 1770 g/mol. The Bertz CT molecular complexity index is 9240. The summed E-state index contributed by atoms with van der Waals surface area (Å²) in [4.78, 5) is 21.8. The minimum atomic E-state index is -0.751. The predicted octanol–water partition coefficient (Wildman–Crippen LogP) is 32.6. The maximum atomic E-state index is 7.24. The van der Waals surface area contributed by atoms with Gasteiger partial charge in [-0.1, -0.05) is 406 Å². The van der Waals surface area contributed by atoms with E-state index in [0.29, 0.717) is 11.6 Å². The van der Waals surface area contributed by atoms with Crippen molar-refractivity contribution in [1.82, 2.24) is 19.9 Å². The van der Waals surface area contributed by atoms with Gasteiger partial charge in [-0.3, -0.25) is 0 Å².